The molecule has 15 heavy (non-hydrogen) atoms. The first-order valence-corrected chi connectivity index (χ1v) is 5.23. The summed E-state index contributed by atoms with van der Waals surface area (Å²) in [6.45, 7) is 3.80. The maximum Gasteiger partial charge on any atom is 0.338 e. The van der Waals surface area contributed by atoms with E-state index in [2.05, 4.69) is 22.5 Å². The third-order valence-corrected chi connectivity index (χ3v) is 2.34. The van der Waals surface area contributed by atoms with E-state index in [9.17, 15) is 4.79 Å². The summed E-state index contributed by atoms with van der Waals surface area (Å²) in [5.41, 5.74) is 0.556. The summed E-state index contributed by atoms with van der Waals surface area (Å²) in [4.78, 5) is 11.4. The quantitative estimate of drug-likeness (QED) is 0.618. The normalized spacial score (nSPS) is 10.9. The maximum absolute atomic E-state index is 11.4. The monoisotopic (exact) mass is 266 g/mol. The third kappa shape index (κ3) is 4.13. The Morgan fingerprint density at radius 2 is 2.07 bits per heavy atom. The fraction of sp³-hybridized carbons (Fsp3) is 0.0833. The van der Waals surface area contributed by atoms with Gasteiger partial charge in [0.2, 0.25) is 0 Å². The first-order valence-electron chi connectivity index (χ1n) is 4.44. The van der Waals surface area contributed by atoms with Crippen LogP contribution in [0.2, 0.25) is 0 Å². The van der Waals surface area contributed by atoms with Gasteiger partial charge in [-0.2, -0.15) is 0 Å². The number of hydrogen-bond donors (Lipinski definition) is 0. The van der Waals surface area contributed by atoms with E-state index in [-0.39, 0.29) is 12.6 Å². The van der Waals surface area contributed by atoms with Gasteiger partial charge in [-0.15, -0.1) is 0 Å². The maximum atomic E-state index is 11.4. The van der Waals surface area contributed by atoms with Crippen LogP contribution < -0.4 is 0 Å². The van der Waals surface area contributed by atoms with Crippen molar-refractivity contribution in [1.29, 1.82) is 0 Å². The molecule has 0 aliphatic carbocycles. The summed E-state index contributed by atoms with van der Waals surface area (Å²) in [6.07, 6.45) is 3.37. The Morgan fingerprint density at radius 3 is 2.67 bits per heavy atom. The lowest BCUT2D eigenvalue weighted by Crippen LogP contribution is -2.04. The number of carbonyl (C=O) groups excluding carboxylic acids is 1. The Balaban J connectivity index is 2.48. The molecule has 0 spiro atoms. The molecule has 0 fully saturated rings. The molecule has 0 amide bonds. The summed E-state index contributed by atoms with van der Waals surface area (Å²) >= 11 is 3.23. The van der Waals surface area contributed by atoms with Crippen molar-refractivity contribution < 1.29 is 9.53 Å². The highest BCUT2D eigenvalue weighted by molar-refractivity contribution is 9.11. The van der Waals surface area contributed by atoms with Crippen LogP contribution in [0.25, 0.3) is 0 Å². The van der Waals surface area contributed by atoms with Gasteiger partial charge >= 0.3 is 5.97 Å². The number of allylic oxidation sites excluding steroid dienone is 2. The lowest BCUT2D eigenvalue weighted by molar-refractivity contribution is 0.0549. The molecule has 0 aromatic heterocycles. The van der Waals surface area contributed by atoms with Crippen molar-refractivity contribution in [3.05, 3.63) is 59.1 Å². The first-order chi connectivity index (χ1) is 7.24. The van der Waals surface area contributed by atoms with Crippen molar-refractivity contribution in [3.63, 3.8) is 0 Å². The minimum Gasteiger partial charge on any atom is -0.458 e. The first kappa shape index (κ1) is 11.7. The summed E-state index contributed by atoms with van der Waals surface area (Å²) in [6, 6.07) is 8.88. The van der Waals surface area contributed by atoms with E-state index in [0.717, 1.165) is 4.48 Å². The van der Waals surface area contributed by atoms with E-state index < -0.39 is 0 Å². The number of benzene rings is 1. The predicted molar refractivity (Wildman–Crippen MR) is 63.9 cm³/mol. The molecule has 0 unspecified atom stereocenters. The fourth-order valence-corrected chi connectivity index (χ4v) is 1.07. The SMILES string of the molecule is C=C/C(Br)=C\COC(=O)c1ccccc1. The zero-order valence-electron chi connectivity index (χ0n) is 8.15. The molecule has 3 heteroatoms. The topological polar surface area (TPSA) is 26.3 Å². The van der Waals surface area contributed by atoms with Gasteiger partial charge in [0.1, 0.15) is 6.61 Å². The van der Waals surface area contributed by atoms with Crippen molar-refractivity contribution in [3.8, 4) is 0 Å². The van der Waals surface area contributed by atoms with Crippen LogP contribution in [0, 0.1) is 0 Å². The van der Waals surface area contributed by atoms with E-state index in [1.807, 2.05) is 6.07 Å². The Labute approximate surface area is 97.4 Å². The molecule has 0 aliphatic heterocycles. The summed E-state index contributed by atoms with van der Waals surface area (Å²) in [5.74, 6) is -0.323. The smallest absolute Gasteiger partial charge is 0.338 e. The summed E-state index contributed by atoms with van der Waals surface area (Å²) in [7, 11) is 0. The number of esters is 1. The van der Waals surface area contributed by atoms with Crippen LogP contribution >= 0.6 is 15.9 Å². The van der Waals surface area contributed by atoms with Crippen LogP contribution in [0.4, 0.5) is 0 Å². The Bertz CT molecular complexity index is 368. The molecule has 1 rings (SSSR count). The highest BCUT2D eigenvalue weighted by Gasteiger charge is 2.03. The van der Waals surface area contributed by atoms with Crippen molar-refractivity contribution in [2.75, 3.05) is 6.61 Å². The third-order valence-electron chi connectivity index (χ3n) is 1.70. The second kappa shape index (κ2) is 6.19. The molecule has 0 atom stereocenters. The molecular formula is C12H11BrO2. The molecule has 78 valence electrons. The highest BCUT2D eigenvalue weighted by atomic mass is 79.9. The van der Waals surface area contributed by atoms with Crippen LogP contribution in [-0.4, -0.2) is 12.6 Å². The lowest BCUT2D eigenvalue weighted by Gasteiger charge is -2.01. The molecule has 0 radical (unpaired) electrons. The Hall–Kier alpha value is -1.35. The second-order valence-corrected chi connectivity index (χ2v) is 3.67. The average Bonchev–Trinajstić information content (AvgIpc) is 2.29. The molecule has 0 saturated carbocycles. The predicted octanol–water partition coefficient (Wildman–Crippen LogP) is 3.31. The zero-order valence-corrected chi connectivity index (χ0v) is 9.74. The minimum atomic E-state index is -0.323. The van der Waals surface area contributed by atoms with Crippen molar-refractivity contribution in [2.45, 2.75) is 0 Å². The molecule has 0 heterocycles. The van der Waals surface area contributed by atoms with E-state index in [1.54, 1.807) is 36.4 Å². The minimum absolute atomic E-state index is 0.236. The van der Waals surface area contributed by atoms with Gasteiger partial charge in [-0.3, -0.25) is 0 Å². The van der Waals surface area contributed by atoms with Crippen molar-refractivity contribution in [1.82, 2.24) is 0 Å². The van der Waals surface area contributed by atoms with E-state index in [1.165, 1.54) is 0 Å². The number of ether oxygens (including phenoxy) is 1. The van der Waals surface area contributed by atoms with Crippen LogP contribution in [0.5, 0.6) is 0 Å². The van der Waals surface area contributed by atoms with Gasteiger partial charge in [0.15, 0.2) is 0 Å². The van der Waals surface area contributed by atoms with Crippen molar-refractivity contribution in [2.24, 2.45) is 0 Å². The van der Waals surface area contributed by atoms with Gasteiger partial charge in [0.05, 0.1) is 5.56 Å². The molecule has 2 nitrogen and oxygen atoms in total. The van der Waals surface area contributed by atoms with Gasteiger partial charge in [0, 0.05) is 4.48 Å². The molecule has 1 aromatic carbocycles. The van der Waals surface area contributed by atoms with Crippen LogP contribution in [0.15, 0.2) is 53.5 Å². The fourth-order valence-electron chi connectivity index (χ4n) is 0.938. The van der Waals surface area contributed by atoms with Crippen LogP contribution in [0.1, 0.15) is 10.4 Å². The number of halogens is 1. The Kier molecular flexibility index (Phi) is 4.84. The average molecular weight is 267 g/mol. The lowest BCUT2D eigenvalue weighted by atomic mass is 10.2. The van der Waals surface area contributed by atoms with Gasteiger partial charge in [0.25, 0.3) is 0 Å². The Morgan fingerprint density at radius 1 is 1.40 bits per heavy atom. The van der Waals surface area contributed by atoms with Gasteiger partial charge in [-0.05, 0) is 18.2 Å². The van der Waals surface area contributed by atoms with Crippen LogP contribution in [0.3, 0.4) is 0 Å². The van der Waals surface area contributed by atoms with Crippen molar-refractivity contribution >= 4 is 21.9 Å². The molecule has 0 aliphatic rings. The molecule has 0 saturated heterocycles. The van der Waals surface area contributed by atoms with Gasteiger partial charge in [-0.1, -0.05) is 46.8 Å². The molecule has 0 N–H and O–H groups in total. The summed E-state index contributed by atoms with van der Waals surface area (Å²) < 4.78 is 5.82. The number of carbonyl (C=O) groups is 1. The van der Waals surface area contributed by atoms with Gasteiger partial charge < -0.3 is 4.74 Å². The highest BCUT2D eigenvalue weighted by Crippen LogP contribution is 2.05. The van der Waals surface area contributed by atoms with E-state index in [0.29, 0.717) is 5.56 Å². The standard InChI is InChI=1S/C12H11BrO2/c1-2-11(13)8-9-15-12(14)10-6-4-3-5-7-10/h2-8H,1,9H2/b11-8+. The largest absolute Gasteiger partial charge is 0.458 e. The second-order valence-electron chi connectivity index (χ2n) is 2.76. The van der Waals surface area contributed by atoms with E-state index >= 15 is 0 Å². The number of rotatable bonds is 4. The van der Waals surface area contributed by atoms with E-state index in [4.69, 9.17) is 4.74 Å². The molecule has 1 aromatic rings. The molecule has 0 bridgehead atoms. The zero-order chi connectivity index (χ0) is 11.1. The van der Waals surface area contributed by atoms with Gasteiger partial charge in [-0.25, -0.2) is 4.79 Å². The van der Waals surface area contributed by atoms with Crippen LogP contribution in [-0.2, 0) is 4.74 Å². The molecular weight excluding hydrogens is 256 g/mol. The summed E-state index contributed by atoms with van der Waals surface area (Å²) in [5, 5.41) is 0. The number of hydrogen-bond acceptors (Lipinski definition) is 2.